The van der Waals surface area contributed by atoms with Gasteiger partial charge < -0.3 is 5.11 Å². The van der Waals surface area contributed by atoms with E-state index in [9.17, 15) is 5.11 Å². The molecule has 0 radical (unpaired) electrons. The van der Waals surface area contributed by atoms with Crippen LogP contribution in [0.1, 0.15) is 98.3 Å². The zero-order valence-electron chi connectivity index (χ0n) is 15.0. The molecular weight excluding hydrogens is 256 g/mol. The molecule has 1 aliphatic rings. The standard InChI is InChI=1S/C20H38O/c1-5-8-15-20(21,18-12-10-9-11-13-18)17-16-19(4,7-3)14-6-2/h8,15,18,21H,5-7,9-14,16-17H2,1-4H3/b15-8-/t19-,20?/m0/s1. The maximum Gasteiger partial charge on any atom is 0.0855 e. The molecule has 1 rings (SSSR count). The van der Waals surface area contributed by atoms with Crippen molar-refractivity contribution in [3.05, 3.63) is 12.2 Å². The highest BCUT2D eigenvalue weighted by Crippen LogP contribution is 2.41. The van der Waals surface area contributed by atoms with Gasteiger partial charge in [-0.1, -0.05) is 72.0 Å². The van der Waals surface area contributed by atoms with Crippen molar-refractivity contribution >= 4 is 0 Å². The normalized spacial score (nSPS) is 23.1. The quantitative estimate of drug-likeness (QED) is 0.497. The molecule has 0 aliphatic heterocycles. The Kier molecular flexibility index (Phi) is 8.02. The largest absolute Gasteiger partial charge is 0.386 e. The van der Waals surface area contributed by atoms with Crippen molar-refractivity contribution in [1.82, 2.24) is 0 Å². The van der Waals surface area contributed by atoms with E-state index in [1.165, 1.54) is 51.4 Å². The first kappa shape index (κ1) is 18.7. The van der Waals surface area contributed by atoms with Gasteiger partial charge in [-0.2, -0.15) is 0 Å². The molecule has 0 aromatic rings. The molecule has 1 N–H and O–H groups in total. The second-order valence-corrected chi connectivity index (χ2v) is 7.55. The van der Waals surface area contributed by atoms with Gasteiger partial charge >= 0.3 is 0 Å². The Morgan fingerprint density at radius 2 is 1.67 bits per heavy atom. The minimum Gasteiger partial charge on any atom is -0.386 e. The lowest BCUT2D eigenvalue weighted by atomic mass is 9.70. The Balaban J connectivity index is 2.74. The summed E-state index contributed by atoms with van der Waals surface area (Å²) in [6.07, 6.45) is 17.6. The molecule has 1 nitrogen and oxygen atoms in total. The number of allylic oxidation sites excluding steroid dienone is 1. The van der Waals surface area contributed by atoms with Crippen LogP contribution in [-0.4, -0.2) is 10.7 Å². The van der Waals surface area contributed by atoms with Crippen LogP contribution >= 0.6 is 0 Å². The molecule has 1 aliphatic carbocycles. The Labute approximate surface area is 133 Å². The molecule has 1 heteroatoms. The van der Waals surface area contributed by atoms with Crippen LogP contribution in [0.25, 0.3) is 0 Å². The Hall–Kier alpha value is -0.300. The maximum atomic E-state index is 11.3. The summed E-state index contributed by atoms with van der Waals surface area (Å²) in [5, 5.41) is 11.3. The molecular formula is C20H38O. The lowest BCUT2D eigenvalue weighted by Crippen LogP contribution is -2.38. The lowest BCUT2D eigenvalue weighted by Gasteiger charge is -2.39. The summed E-state index contributed by atoms with van der Waals surface area (Å²) in [4.78, 5) is 0. The molecule has 2 atom stereocenters. The minimum absolute atomic E-state index is 0.400. The van der Waals surface area contributed by atoms with E-state index >= 15 is 0 Å². The van der Waals surface area contributed by atoms with Gasteiger partial charge in [0, 0.05) is 0 Å². The fraction of sp³-hybridized carbons (Fsp3) is 0.900. The summed E-state index contributed by atoms with van der Waals surface area (Å²) >= 11 is 0. The number of hydrogen-bond donors (Lipinski definition) is 1. The molecule has 0 saturated heterocycles. The zero-order chi connectivity index (χ0) is 15.8. The van der Waals surface area contributed by atoms with E-state index in [-0.39, 0.29) is 0 Å². The molecule has 0 spiro atoms. The predicted octanol–water partition coefficient (Wildman–Crippen LogP) is 6.26. The third-order valence-electron chi connectivity index (χ3n) is 5.79. The maximum absolute atomic E-state index is 11.3. The van der Waals surface area contributed by atoms with Gasteiger partial charge in [0.05, 0.1) is 5.60 Å². The first-order valence-electron chi connectivity index (χ1n) is 9.39. The number of rotatable bonds is 9. The average molecular weight is 295 g/mol. The van der Waals surface area contributed by atoms with Crippen molar-refractivity contribution in [3.8, 4) is 0 Å². The summed E-state index contributed by atoms with van der Waals surface area (Å²) < 4.78 is 0. The molecule has 0 bridgehead atoms. The van der Waals surface area contributed by atoms with E-state index in [2.05, 4.69) is 39.8 Å². The Morgan fingerprint density at radius 3 is 2.19 bits per heavy atom. The highest BCUT2D eigenvalue weighted by Gasteiger charge is 2.36. The number of hydrogen-bond acceptors (Lipinski definition) is 1. The molecule has 1 fully saturated rings. The molecule has 1 saturated carbocycles. The van der Waals surface area contributed by atoms with Crippen LogP contribution in [0.3, 0.4) is 0 Å². The SMILES string of the molecule is CC/C=C\C(O)(CC[C@@](C)(CC)CCC)C1CCCCC1. The van der Waals surface area contributed by atoms with E-state index in [0.29, 0.717) is 11.3 Å². The van der Waals surface area contributed by atoms with E-state index in [1.807, 2.05) is 0 Å². The van der Waals surface area contributed by atoms with Gasteiger partial charge in [0.25, 0.3) is 0 Å². The Bertz CT molecular complexity index is 303. The van der Waals surface area contributed by atoms with Gasteiger partial charge in [-0.25, -0.2) is 0 Å². The summed E-state index contributed by atoms with van der Waals surface area (Å²) in [5.74, 6) is 0.483. The first-order chi connectivity index (χ1) is 9.99. The van der Waals surface area contributed by atoms with Crippen LogP contribution in [-0.2, 0) is 0 Å². The van der Waals surface area contributed by atoms with Crippen LogP contribution in [0.5, 0.6) is 0 Å². The van der Waals surface area contributed by atoms with Crippen molar-refractivity contribution in [1.29, 1.82) is 0 Å². The zero-order valence-corrected chi connectivity index (χ0v) is 15.0. The van der Waals surface area contributed by atoms with Crippen LogP contribution in [0, 0.1) is 11.3 Å². The fourth-order valence-electron chi connectivity index (χ4n) is 3.93. The summed E-state index contributed by atoms with van der Waals surface area (Å²) in [7, 11) is 0. The van der Waals surface area contributed by atoms with Gasteiger partial charge in [-0.3, -0.25) is 0 Å². The molecule has 0 aromatic heterocycles. The highest BCUT2D eigenvalue weighted by molar-refractivity contribution is 5.05. The van der Waals surface area contributed by atoms with Crippen molar-refractivity contribution in [2.75, 3.05) is 0 Å². The van der Waals surface area contributed by atoms with Gasteiger partial charge in [0.15, 0.2) is 0 Å². The first-order valence-corrected chi connectivity index (χ1v) is 9.39. The van der Waals surface area contributed by atoms with Gasteiger partial charge in [-0.05, 0) is 49.9 Å². The van der Waals surface area contributed by atoms with E-state index in [0.717, 1.165) is 19.3 Å². The summed E-state index contributed by atoms with van der Waals surface area (Å²) in [5.41, 5.74) is -0.155. The van der Waals surface area contributed by atoms with Crippen molar-refractivity contribution in [2.24, 2.45) is 11.3 Å². The third-order valence-corrected chi connectivity index (χ3v) is 5.79. The topological polar surface area (TPSA) is 20.2 Å². The highest BCUT2D eigenvalue weighted by atomic mass is 16.3. The molecule has 21 heavy (non-hydrogen) atoms. The predicted molar refractivity (Wildman–Crippen MR) is 93.5 cm³/mol. The monoisotopic (exact) mass is 294 g/mol. The third kappa shape index (κ3) is 5.77. The fourth-order valence-corrected chi connectivity index (χ4v) is 3.93. The minimum atomic E-state index is -0.555. The van der Waals surface area contributed by atoms with Crippen LogP contribution in [0.15, 0.2) is 12.2 Å². The van der Waals surface area contributed by atoms with Gasteiger partial charge in [0.2, 0.25) is 0 Å². The molecule has 1 unspecified atom stereocenters. The molecule has 0 aromatic carbocycles. The number of aliphatic hydroxyl groups is 1. The second-order valence-electron chi connectivity index (χ2n) is 7.55. The Morgan fingerprint density at radius 1 is 1.00 bits per heavy atom. The van der Waals surface area contributed by atoms with E-state index in [1.54, 1.807) is 0 Å². The van der Waals surface area contributed by atoms with Gasteiger partial charge in [0.1, 0.15) is 0 Å². The van der Waals surface area contributed by atoms with Crippen molar-refractivity contribution < 1.29 is 5.11 Å². The van der Waals surface area contributed by atoms with Crippen molar-refractivity contribution in [2.45, 2.75) is 104 Å². The summed E-state index contributed by atoms with van der Waals surface area (Å²) in [6.45, 7) is 9.14. The van der Waals surface area contributed by atoms with E-state index < -0.39 is 5.60 Å². The smallest absolute Gasteiger partial charge is 0.0855 e. The van der Waals surface area contributed by atoms with E-state index in [4.69, 9.17) is 0 Å². The van der Waals surface area contributed by atoms with Crippen LogP contribution in [0.4, 0.5) is 0 Å². The second kappa shape index (κ2) is 8.98. The molecule has 0 amide bonds. The van der Waals surface area contributed by atoms with Gasteiger partial charge in [-0.15, -0.1) is 0 Å². The average Bonchev–Trinajstić information content (AvgIpc) is 2.52. The van der Waals surface area contributed by atoms with Crippen molar-refractivity contribution in [3.63, 3.8) is 0 Å². The molecule has 0 heterocycles. The van der Waals surface area contributed by atoms with Crippen LogP contribution in [0.2, 0.25) is 0 Å². The summed E-state index contributed by atoms with van der Waals surface area (Å²) in [6, 6.07) is 0. The van der Waals surface area contributed by atoms with Crippen LogP contribution < -0.4 is 0 Å². The lowest BCUT2D eigenvalue weighted by molar-refractivity contribution is -0.00824. The molecule has 124 valence electrons.